The molecule has 1 aliphatic rings. The molecular formula is C18H23Cl2N3O3. The summed E-state index contributed by atoms with van der Waals surface area (Å²) in [4.78, 5) is 37.8. The molecular weight excluding hydrogens is 377 g/mol. The van der Waals surface area contributed by atoms with Crippen LogP contribution in [0.3, 0.4) is 0 Å². The second-order valence-electron chi connectivity index (χ2n) is 7.10. The minimum atomic E-state index is -0.957. The molecule has 8 heteroatoms. The van der Waals surface area contributed by atoms with E-state index < -0.39 is 17.5 Å². The van der Waals surface area contributed by atoms with E-state index in [2.05, 4.69) is 24.5 Å². The van der Waals surface area contributed by atoms with Gasteiger partial charge >= 0.3 is 6.03 Å². The van der Waals surface area contributed by atoms with Gasteiger partial charge < -0.3 is 10.6 Å². The van der Waals surface area contributed by atoms with Gasteiger partial charge in [0.2, 0.25) is 5.91 Å². The Bertz CT molecular complexity index is 724. The summed E-state index contributed by atoms with van der Waals surface area (Å²) in [6, 6.07) is 4.43. The zero-order chi connectivity index (χ0) is 19.5. The third-order valence-electron chi connectivity index (χ3n) is 4.36. The smallest absolute Gasteiger partial charge is 0.325 e. The molecule has 0 unspecified atom stereocenters. The Labute approximate surface area is 163 Å². The molecule has 1 aromatic carbocycles. The number of urea groups is 1. The molecule has 1 aromatic rings. The fourth-order valence-electron chi connectivity index (χ4n) is 2.70. The molecule has 1 fully saturated rings. The molecule has 0 aliphatic carbocycles. The number of amides is 4. The predicted molar refractivity (Wildman–Crippen MR) is 101 cm³/mol. The van der Waals surface area contributed by atoms with Crippen molar-refractivity contribution in [3.63, 3.8) is 0 Å². The first-order chi connectivity index (χ1) is 12.1. The van der Waals surface area contributed by atoms with E-state index in [1.807, 2.05) is 0 Å². The molecule has 0 saturated carbocycles. The Balaban J connectivity index is 1.93. The summed E-state index contributed by atoms with van der Waals surface area (Å²) >= 11 is 11.9. The van der Waals surface area contributed by atoms with Crippen molar-refractivity contribution in [2.45, 2.75) is 45.7 Å². The molecule has 142 valence electrons. The Hall–Kier alpha value is -1.79. The van der Waals surface area contributed by atoms with Crippen molar-refractivity contribution < 1.29 is 14.4 Å². The number of hydrogen-bond donors (Lipinski definition) is 2. The predicted octanol–water partition coefficient (Wildman–Crippen LogP) is 3.36. The van der Waals surface area contributed by atoms with Crippen LogP contribution in [-0.4, -0.2) is 34.8 Å². The average molecular weight is 400 g/mol. The lowest BCUT2D eigenvalue weighted by Crippen LogP contribution is -2.45. The number of carbonyl (C=O) groups excluding carboxylic acids is 3. The molecule has 26 heavy (non-hydrogen) atoms. The van der Waals surface area contributed by atoms with Gasteiger partial charge in [-0.25, -0.2) is 4.79 Å². The highest BCUT2D eigenvalue weighted by Crippen LogP contribution is 2.24. The summed E-state index contributed by atoms with van der Waals surface area (Å²) in [6.45, 7) is 5.66. The number of hydrogen-bond acceptors (Lipinski definition) is 3. The third kappa shape index (κ3) is 4.89. The molecule has 0 radical (unpaired) electrons. The lowest BCUT2D eigenvalue weighted by Gasteiger charge is -2.22. The quantitative estimate of drug-likeness (QED) is 0.689. The van der Waals surface area contributed by atoms with Gasteiger partial charge in [-0.05, 0) is 43.4 Å². The van der Waals surface area contributed by atoms with Crippen LogP contribution >= 0.6 is 23.2 Å². The number of imide groups is 1. The Morgan fingerprint density at radius 2 is 2.00 bits per heavy atom. The van der Waals surface area contributed by atoms with Gasteiger partial charge in [0.15, 0.2) is 0 Å². The highest BCUT2D eigenvalue weighted by atomic mass is 35.5. The Kier molecular flexibility index (Phi) is 6.53. The van der Waals surface area contributed by atoms with Crippen molar-refractivity contribution in [1.29, 1.82) is 0 Å². The average Bonchev–Trinajstić information content (AvgIpc) is 2.76. The number of nitrogens with zero attached hydrogens (tertiary/aromatic N) is 1. The van der Waals surface area contributed by atoms with E-state index >= 15 is 0 Å². The number of halogens is 2. The zero-order valence-electron chi connectivity index (χ0n) is 15.1. The van der Waals surface area contributed by atoms with Crippen LogP contribution in [0.4, 0.5) is 4.79 Å². The standard InChI is InChI=1S/C18H23Cl2N3O3/c1-11(2)6-7-18(3)16(25)23(17(26)22-18)10-15(24)21-9-12-4-5-13(19)8-14(12)20/h4-5,8,11H,6-7,9-10H2,1-3H3,(H,21,24)(H,22,26)/t18-/m1/s1. The summed E-state index contributed by atoms with van der Waals surface area (Å²) in [5.74, 6) is -0.395. The van der Waals surface area contributed by atoms with Gasteiger partial charge in [-0.15, -0.1) is 0 Å². The summed E-state index contributed by atoms with van der Waals surface area (Å²) in [5, 5.41) is 6.31. The summed E-state index contributed by atoms with van der Waals surface area (Å²) < 4.78 is 0. The minimum absolute atomic E-state index is 0.184. The normalized spacial score (nSPS) is 19.8. The van der Waals surface area contributed by atoms with Crippen LogP contribution in [-0.2, 0) is 16.1 Å². The number of nitrogens with one attached hydrogen (secondary N) is 2. The summed E-state index contributed by atoms with van der Waals surface area (Å²) in [7, 11) is 0. The second-order valence-corrected chi connectivity index (χ2v) is 7.94. The molecule has 1 aliphatic heterocycles. The van der Waals surface area contributed by atoms with E-state index in [1.54, 1.807) is 25.1 Å². The number of benzene rings is 1. The van der Waals surface area contributed by atoms with Crippen LogP contribution < -0.4 is 10.6 Å². The maximum atomic E-state index is 12.6. The van der Waals surface area contributed by atoms with E-state index in [0.717, 1.165) is 11.3 Å². The molecule has 2 N–H and O–H groups in total. The number of carbonyl (C=O) groups is 3. The van der Waals surface area contributed by atoms with Crippen LogP contribution in [0.2, 0.25) is 10.0 Å². The van der Waals surface area contributed by atoms with Gasteiger partial charge in [-0.3, -0.25) is 14.5 Å². The third-order valence-corrected chi connectivity index (χ3v) is 4.95. The maximum absolute atomic E-state index is 12.6. The zero-order valence-corrected chi connectivity index (χ0v) is 16.6. The highest BCUT2D eigenvalue weighted by molar-refractivity contribution is 6.35. The fraction of sp³-hybridized carbons (Fsp3) is 0.500. The second kappa shape index (κ2) is 8.27. The summed E-state index contributed by atoms with van der Waals surface area (Å²) in [5.41, 5.74) is -0.260. The van der Waals surface area contributed by atoms with Crippen LogP contribution in [0.5, 0.6) is 0 Å². The Morgan fingerprint density at radius 3 is 2.62 bits per heavy atom. The SMILES string of the molecule is CC(C)CC[C@@]1(C)NC(=O)N(CC(=O)NCc2ccc(Cl)cc2Cl)C1=O. The van der Waals surface area contributed by atoms with E-state index in [1.165, 1.54) is 0 Å². The largest absolute Gasteiger partial charge is 0.350 e. The van der Waals surface area contributed by atoms with Crippen molar-refractivity contribution in [3.05, 3.63) is 33.8 Å². The monoisotopic (exact) mass is 399 g/mol. The van der Waals surface area contributed by atoms with Crippen molar-refractivity contribution in [2.24, 2.45) is 5.92 Å². The molecule has 0 aromatic heterocycles. The minimum Gasteiger partial charge on any atom is -0.350 e. The first-order valence-electron chi connectivity index (χ1n) is 8.47. The van der Waals surface area contributed by atoms with E-state index in [4.69, 9.17) is 23.2 Å². The van der Waals surface area contributed by atoms with Gasteiger partial charge in [0, 0.05) is 16.6 Å². The van der Waals surface area contributed by atoms with Crippen LogP contribution in [0, 0.1) is 5.92 Å². The van der Waals surface area contributed by atoms with Crippen molar-refractivity contribution >= 4 is 41.0 Å². The van der Waals surface area contributed by atoms with E-state index in [9.17, 15) is 14.4 Å². The lowest BCUT2D eigenvalue weighted by atomic mass is 9.92. The van der Waals surface area contributed by atoms with Crippen molar-refractivity contribution in [1.82, 2.24) is 15.5 Å². The molecule has 1 saturated heterocycles. The van der Waals surface area contributed by atoms with Crippen molar-refractivity contribution in [2.75, 3.05) is 6.54 Å². The van der Waals surface area contributed by atoms with E-state index in [0.29, 0.717) is 27.9 Å². The first kappa shape index (κ1) is 20.5. The topological polar surface area (TPSA) is 78.5 Å². The van der Waals surface area contributed by atoms with Gasteiger partial charge in [0.25, 0.3) is 5.91 Å². The molecule has 4 amide bonds. The van der Waals surface area contributed by atoms with Gasteiger partial charge in [-0.1, -0.05) is 43.1 Å². The molecule has 0 bridgehead atoms. The first-order valence-corrected chi connectivity index (χ1v) is 9.22. The van der Waals surface area contributed by atoms with Crippen LogP contribution in [0.25, 0.3) is 0 Å². The van der Waals surface area contributed by atoms with Crippen LogP contribution in [0.1, 0.15) is 39.2 Å². The van der Waals surface area contributed by atoms with Crippen LogP contribution in [0.15, 0.2) is 18.2 Å². The van der Waals surface area contributed by atoms with Gasteiger partial charge in [-0.2, -0.15) is 0 Å². The molecule has 2 rings (SSSR count). The maximum Gasteiger partial charge on any atom is 0.325 e. The molecule has 1 heterocycles. The Morgan fingerprint density at radius 1 is 1.31 bits per heavy atom. The lowest BCUT2D eigenvalue weighted by molar-refractivity contribution is -0.134. The summed E-state index contributed by atoms with van der Waals surface area (Å²) in [6.07, 6.45) is 1.34. The molecule has 1 atom stereocenters. The fourth-order valence-corrected chi connectivity index (χ4v) is 3.17. The molecule has 0 spiro atoms. The van der Waals surface area contributed by atoms with Crippen molar-refractivity contribution in [3.8, 4) is 0 Å². The number of rotatable bonds is 7. The van der Waals surface area contributed by atoms with E-state index in [-0.39, 0.29) is 19.0 Å². The van der Waals surface area contributed by atoms with Gasteiger partial charge in [0.05, 0.1) is 0 Å². The highest BCUT2D eigenvalue weighted by Gasteiger charge is 2.47. The van der Waals surface area contributed by atoms with Gasteiger partial charge in [0.1, 0.15) is 12.1 Å². The molecule has 6 nitrogen and oxygen atoms in total.